The van der Waals surface area contributed by atoms with E-state index >= 15 is 0 Å². The largest absolute Gasteiger partial charge is 0.361 e. The Kier molecular flexibility index (Phi) is 7.06. The van der Waals surface area contributed by atoms with Gasteiger partial charge in [0, 0.05) is 44.7 Å². The van der Waals surface area contributed by atoms with Crippen molar-refractivity contribution >= 4 is 50.0 Å². The van der Waals surface area contributed by atoms with E-state index in [4.69, 9.17) is 0 Å². The van der Waals surface area contributed by atoms with Gasteiger partial charge in [-0.1, -0.05) is 133 Å². The molecule has 0 bridgehead atoms. The van der Waals surface area contributed by atoms with Crippen LogP contribution in [0.2, 0.25) is 0 Å². The molecule has 3 heterocycles. The van der Waals surface area contributed by atoms with Crippen molar-refractivity contribution in [2.24, 2.45) is 0 Å². The van der Waals surface area contributed by atoms with Crippen molar-refractivity contribution in [1.29, 1.82) is 0 Å². The fourth-order valence-corrected chi connectivity index (χ4v) is 9.03. The molecule has 54 heavy (non-hydrogen) atoms. The summed E-state index contributed by atoms with van der Waals surface area (Å²) >= 11 is 0. The van der Waals surface area contributed by atoms with Gasteiger partial charge in [0.25, 0.3) is 0 Å². The van der Waals surface area contributed by atoms with Crippen LogP contribution < -0.4 is 5.32 Å². The standard InChI is InChI=1S/C51H37N3/c1-3-14-34(15-4-1)35-16-13-17-38(30-35)43-33-51(52-46-23-10-7-20-40(43)46)54-48-25-12-9-22-42(48)45-32-37(27-29-50(45)54)36-26-28-49-44(31-36)41-21-8-11-24-47(41)53(49)39-18-5-2-6-19-39/h1-31,33,37,51-52H,32H2. The smallest absolute Gasteiger partial charge is 0.124 e. The van der Waals surface area contributed by atoms with Gasteiger partial charge < -0.3 is 14.5 Å². The molecule has 2 aromatic heterocycles. The van der Waals surface area contributed by atoms with Gasteiger partial charge in [-0.2, -0.15) is 0 Å². The zero-order chi connectivity index (χ0) is 35.6. The first-order chi connectivity index (χ1) is 26.8. The van der Waals surface area contributed by atoms with Crippen LogP contribution in [0.1, 0.15) is 40.0 Å². The van der Waals surface area contributed by atoms with E-state index in [1.807, 2.05) is 0 Å². The highest BCUT2D eigenvalue weighted by molar-refractivity contribution is 6.09. The number of hydrogen-bond acceptors (Lipinski definition) is 1. The minimum Gasteiger partial charge on any atom is -0.361 e. The highest BCUT2D eigenvalue weighted by Crippen LogP contribution is 2.44. The number of allylic oxidation sites excluding steroid dienone is 1. The summed E-state index contributed by atoms with van der Waals surface area (Å²) in [7, 11) is 0. The van der Waals surface area contributed by atoms with Crippen molar-refractivity contribution in [2.45, 2.75) is 18.5 Å². The van der Waals surface area contributed by atoms with Gasteiger partial charge in [0.05, 0.1) is 16.6 Å². The summed E-state index contributed by atoms with van der Waals surface area (Å²) < 4.78 is 4.91. The fourth-order valence-electron chi connectivity index (χ4n) is 9.03. The van der Waals surface area contributed by atoms with Gasteiger partial charge in [-0.15, -0.1) is 0 Å². The molecule has 0 saturated heterocycles. The number of para-hydroxylation sites is 4. The maximum Gasteiger partial charge on any atom is 0.124 e. The van der Waals surface area contributed by atoms with Crippen molar-refractivity contribution in [3.05, 3.63) is 216 Å². The van der Waals surface area contributed by atoms with E-state index < -0.39 is 0 Å². The van der Waals surface area contributed by atoms with E-state index in [1.165, 1.54) is 83.0 Å². The molecule has 256 valence electrons. The lowest BCUT2D eigenvalue weighted by Gasteiger charge is -2.30. The van der Waals surface area contributed by atoms with Crippen molar-refractivity contribution in [3.8, 4) is 16.8 Å². The number of benzene rings is 7. The van der Waals surface area contributed by atoms with Crippen LogP contribution in [0.3, 0.4) is 0 Å². The number of nitrogens with one attached hydrogen (secondary N) is 1. The van der Waals surface area contributed by atoms with Crippen LogP contribution >= 0.6 is 0 Å². The van der Waals surface area contributed by atoms with Gasteiger partial charge in [-0.25, -0.2) is 0 Å². The molecule has 0 radical (unpaired) electrons. The van der Waals surface area contributed by atoms with Crippen LogP contribution in [0.4, 0.5) is 5.69 Å². The highest BCUT2D eigenvalue weighted by Gasteiger charge is 2.29. The molecule has 9 aromatic rings. The molecule has 2 unspecified atom stereocenters. The lowest BCUT2D eigenvalue weighted by Crippen LogP contribution is -2.22. The predicted octanol–water partition coefficient (Wildman–Crippen LogP) is 12.8. The van der Waals surface area contributed by atoms with Crippen LogP contribution in [0.5, 0.6) is 0 Å². The molecule has 1 N–H and O–H groups in total. The summed E-state index contributed by atoms with van der Waals surface area (Å²) in [4.78, 5) is 0. The quantitative estimate of drug-likeness (QED) is 0.191. The second-order valence-electron chi connectivity index (χ2n) is 14.5. The first-order valence-electron chi connectivity index (χ1n) is 18.9. The summed E-state index contributed by atoms with van der Waals surface area (Å²) in [5, 5.41) is 7.84. The fraction of sp³-hybridized carbons (Fsp3) is 0.0588. The van der Waals surface area contributed by atoms with Crippen LogP contribution in [0.15, 0.2) is 188 Å². The lowest BCUT2D eigenvalue weighted by molar-refractivity contribution is 0.683. The SMILES string of the molecule is C1=CC(c2ccc3c(c2)c2ccccc2n3-c2ccccc2)Cc2c1n(C1C=C(c3cccc(-c4ccccc4)c3)c3ccccc3N1)c1ccccc21. The third-order valence-electron chi connectivity index (χ3n) is 11.5. The molecule has 1 aliphatic heterocycles. The number of fused-ring (bicyclic) bond motifs is 7. The number of nitrogens with zero attached hydrogens (tertiary/aromatic N) is 2. The Labute approximate surface area is 314 Å². The Bertz CT molecular complexity index is 2940. The van der Waals surface area contributed by atoms with Gasteiger partial charge in [0.1, 0.15) is 6.17 Å². The molecule has 2 atom stereocenters. The number of rotatable bonds is 5. The Hall–Kier alpha value is -6.84. The molecule has 1 aliphatic carbocycles. The summed E-state index contributed by atoms with van der Waals surface area (Å²) in [5.74, 6) is 0.270. The molecule has 3 heteroatoms. The molecule has 3 nitrogen and oxygen atoms in total. The second-order valence-corrected chi connectivity index (χ2v) is 14.5. The molecular weight excluding hydrogens is 655 g/mol. The van der Waals surface area contributed by atoms with Crippen LogP contribution in [-0.2, 0) is 6.42 Å². The monoisotopic (exact) mass is 691 g/mol. The van der Waals surface area contributed by atoms with Gasteiger partial charge >= 0.3 is 0 Å². The molecule has 0 saturated carbocycles. The maximum absolute atomic E-state index is 3.93. The van der Waals surface area contributed by atoms with Gasteiger partial charge in [0.2, 0.25) is 0 Å². The minimum absolute atomic E-state index is 0.0643. The molecule has 0 spiro atoms. The van der Waals surface area contributed by atoms with Crippen LogP contribution in [0.25, 0.3) is 61.2 Å². The van der Waals surface area contributed by atoms with Gasteiger partial charge in [-0.3, -0.25) is 0 Å². The van der Waals surface area contributed by atoms with Crippen molar-refractivity contribution in [1.82, 2.24) is 9.13 Å². The Balaban J connectivity index is 1.01. The topological polar surface area (TPSA) is 21.9 Å². The first-order valence-corrected chi connectivity index (χ1v) is 18.9. The van der Waals surface area contributed by atoms with Gasteiger partial charge in [-0.05, 0) is 100 Å². The van der Waals surface area contributed by atoms with E-state index in [9.17, 15) is 0 Å². The zero-order valence-electron chi connectivity index (χ0n) is 29.7. The van der Waals surface area contributed by atoms with Crippen molar-refractivity contribution in [3.63, 3.8) is 0 Å². The van der Waals surface area contributed by atoms with E-state index in [0.29, 0.717) is 0 Å². The minimum atomic E-state index is -0.0643. The first kappa shape index (κ1) is 30.8. The van der Waals surface area contributed by atoms with Crippen molar-refractivity contribution < 1.29 is 0 Å². The van der Waals surface area contributed by atoms with Gasteiger partial charge in [0.15, 0.2) is 0 Å². The van der Waals surface area contributed by atoms with Crippen LogP contribution in [0, 0.1) is 0 Å². The molecular formula is C51H37N3. The normalized spacial score (nSPS) is 16.3. The van der Waals surface area contributed by atoms with E-state index in [0.717, 1.165) is 12.1 Å². The average Bonchev–Trinajstić information content (AvgIpc) is 3.76. The summed E-state index contributed by atoms with van der Waals surface area (Å²) in [6.45, 7) is 0. The molecule has 11 rings (SSSR count). The summed E-state index contributed by atoms with van der Waals surface area (Å²) in [6, 6.07) is 63.9. The lowest BCUT2D eigenvalue weighted by atomic mass is 9.86. The molecule has 0 amide bonds. The van der Waals surface area contributed by atoms with Crippen LogP contribution in [-0.4, -0.2) is 9.13 Å². The van der Waals surface area contributed by atoms with E-state index in [1.54, 1.807) is 0 Å². The maximum atomic E-state index is 3.93. The van der Waals surface area contributed by atoms with Crippen molar-refractivity contribution in [2.75, 3.05) is 5.32 Å². The molecule has 7 aromatic carbocycles. The zero-order valence-corrected chi connectivity index (χ0v) is 29.7. The number of aromatic nitrogens is 2. The Morgan fingerprint density at radius 3 is 2.07 bits per heavy atom. The predicted molar refractivity (Wildman–Crippen MR) is 226 cm³/mol. The second kappa shape index (κ2) is 12.4. The third-order valence-corrected chi connectivity index (χ3v) is 11.5. The Morgan fingerprint density at radius 1 is 0.519 bits per heavy atom. The third kappa shape index (κ3) is 4.89. The Morgan fingerprint density at radius 2 is 1.20 bits per heavy atom. The number of anilines is 1. The summed E-state index contributed by atoms with van der Waals surface area (Å²) in [5.41, 5.74) is 16.2. The average molecular weight is 692 g/mol. The molecule has 2 aliphatic rings. The molecule has 0 fully saturated rings. The van der Waals surface area contributed by atoms with E-state index in [-0.39, 0.29) is 12.1 Å². The van der Waals surface area contributed by atoms with E-state index in [2.05, 4.69) is 209 Å². The highest BCUT2D eigenvalue weighted by atomic mass is 15.2. The number of hydrogen-bond donors (Lipinski definition) is 1. The summed E-state index contributed by atoms with van der Waals surface area (Å²) in [6.07, 6.45) is 8.12.